The summed E-state index contributed by atoms with van der Waals surface area (Å²) < 4.78 is 5.03. The van der Waals surface area contributed by atoms with Crippen molar-refractivity contribution in [1.82, 2.24) is 10.2 Å². The second-order valence-corrected chi connectivity index (χ2v) is 10.2. The Balaban J connectivity index is 0.00000166. The van der Waals surface area contributed by atoms with Crippen molar-refractivity contribution in [3.63, 3.8) is 0 Å². The minimum Gasteiger partial charge on any atom is -0.463 e. The first kappa shape index (κ1) is 33.1. The summed E-state index contributed by atoms with van der Waals surface area (Å²) in [5, 5.41) is 2.86. The third kappa shape index (κ3) is 12.1. The Morgan fingerprint density at radius 1 is 0.971 bits per heavy atom. The van der Waals surface area contributed by atoms with E-state index in [-0.39, 0.29) is 36.3 Å². The number of hydrogen-bond acceptors (Lipinski definition) is 4. The van der Waals surface area contributed by atoms with Crippen molar-refractivity contribution >= 4 is 17.8 Å². The van der Waals surface area contributed by atoms with Crippen molar-refractivity contribution in [3.05, 3.63) is 11.6 Å². The zero-order chi connectivity index (χ0) is 26.9. The Labute approximate surface area is 215 Å². The first-order chi connectivity index (χ1) is 16.6. The molecule has 0 radical (unpaired) electrons. The smallest absolute Gasteiger partial charge is 0.333 e. The first-order valence-corrected chi connectivity index (χ1v) is 14.0. The van der Waals surface area contributed by atoms with Crippen molar-refractivity contribution in [2.45, 2.75) is 125 Å². The lowest BCUT2D eigenvalue weighted by molar-refractivity contribution is -0.138. The average Bonchev–Trinajstić information content (AvgIpc) is 2.87. The van der Waals surface area contributed by atoms with Crippen LogP contribution < -0.4 is 5.32 Å². The standard InChI is InChI=1S/C23H42N2O4.C6H12/c1-9-13-14-23(10-2,11-3)22(28)24-16-20(26)25(8)19(17(5)6)15-18(7)21(27)29-12-4;1-2-4-6-5-3-1/h15,17,19H,9-14,16H2,1-8H3,(H,24,28);1-6H2/b18-15+;/t19-;/m1./s1. The van der Waals surface area contributed by atoms with Gasteiger partial charge in [0.1, 0.15) is 0 Å². The highest BCUT2D eigenvalue weighted by Crippen LogP contribution is 2.32. The molecule has 1 aliphatic rings. The van der Waals surface area contributed by atoms with E-state index in [4.69, 9.17) is 4.74 Å². The van der Waals surface area contributed by atoms with Crippen LogP contribution in [0.5, 0.6) is 0 Å². The Bertz CT molecular complexity index is 638. The van der Waals surface area contributed by atoms with Gasteiger partial charge in [0.15, 0.2) is 0 Å². The van der Waals surface area contributed by atoms with Crippen molar-refractivity contribution in [3.8, 4) is 0 Å². The molecule has 1 rings (SSSR count). The second-order valence-electron chi connectivity index (χ2n) is 10.2. The van der Waals surface area contributed by atoms with Crippen LogP contribution in [0.15, 0.2) is 11.6 Å². The topological polar surface area (TPSA) is 75.7 Å². The van der Waals surface area contributed by atoms with Gasteiger partial charge in [0.25, 0.3) is 0 Å². The zero-order valence-electron chi connectivity index (χ0n) is 24.0. The van der Waals surface area contributed by atoms with Gasteiger partial charge in [0.05, 0.1) is 19.2 Å². The Kier molecular flexibility index (Phi) is 17.4. The maximum absolute atomic E-state index is 12.8. The molecule has 6 nitrogen and oxygen atoms in total. The number of carbonyl (C=O) groups is 3. The van der Waals surface area contributed by atoms with Crippen LogP contribution in [0.2, 0.25) is 0 Å². The van der Waals surface area contributed by atoms with E-state index in [1.54, 1.807) is 31.9 Å². The van der Waals surface area contributed by atoms with E-state index >= 15 is 0 Å². The summed E-state index contributed by atoms with van der Waals surface area (Å²) in [6.45, 7) is 13.9. The molecule has 1 atom stereocenters. The van der Waals surface area contributed by atoms with Crippen LogP contribution in [0.1, 0.15) is 119 Å². The lowest BCUT2D eigenvalue weighted by atomic mass is 9.77. The fourth-order valence-electron chi connectivity index (χ4n) is 4.57. The molecule has 35 heavy (non-hydrogen) atoms. The van der Waals surface area contributed by atoms with Crippen LogP contribution >= 0.6 is 0 Å². The van der Waals surface area contributed by atoms with Gasteiger partial charge in [-0.25, -0.2) is 4.79 Å². The quantitative estimate of drug-likeness (QED) is 0.236. The average molecular weight is 495 g/mol. The van der Waals surface area contributed by atoms with Gasteiger partial charge in [0, 0.05) is 18.0 Å². The van der Waals surface area contributed by atoms with Gasteiger partial charge in [-0.2, -0.15) is 0 Å². The molecule has 1 N–H and O–H groups in total. The van der Waals surface area contributed by atoms with Crippen LogP contribution in [-0.4, -0.2) is 48.9 Å². The molecule has 0 aromatic rings. The second kappa shape index (κ2) is 18.4. The lowest BCUT2D eigenvalue weighted by Crippen LogP contribution is -2.48. The van der Waals surface area contributed by atoms with Gasteiger partial charge in [0.2, 0.25) is 11.8 Å². The number of esters is 1. The lowest BCUT2D eigenvalue weighted by Gasteiger charge is -2.32. The normalized spacial score (nSPS) is 15.1. The summed E-state index contributed by atoms with van der Waals surface area (Å²) in [6.07, 6.45) is 15.2. The molecular weight excluding hydrogens is 440 g/mol. The first-order valence-electron chi connectivity index (χ1n) is 14.0. The molecule has 0 unspecified atom stereocenters. The highest BCUT2D eigenvalue weighted by Gasteiger charge is 2.34. The molecule has 0 aromatic heterocycles. The molecular formula is C29H54N2O4. The third-order valence-corrected chi connectivity index (χ3v) is 7.29. The van der Waals surface area contributed by atoms with Crippen molar-refractivity contribution < 1.29 is 19.1 Å². The molecule has 0 saturated heterocycles. The maximum Gasteiger partial charge on any atom is 0.333 e. The Morgan fingerprint density at radius 3 is 1.89 bits per heavy atom. The molecule has 1 aliphatic carbocycles. The zero-order valence-corrected chi connectivity index (χ0v) is 24.0. The van der Waals surface area contributed by atoms with Gasteiger partial charge >= 0.3 is 5.97 Å². The van der Waals surface area contributed by atoms with Crippen LogP contribution in [0.4, 0.5) is 0 Å². The monoisotopic (exact) mass is 494 g/mol. The number of amides is 2. The number of nitrogens with one attached hydrogen (secondary N) is 1. The number of ether oxygens (including phenoxy) is 1. The van der Waals surface area contributed by atoms with E-state index in [9.17, 15) is 14.4 Å². The highest BCUT2D eigenvalue weighted by atomic mass is 16.5. The largest absolute Gasteiger partial charge is 0.463 e. The summed E-state index contributed by atoms with van der Waals surface area (Å²) in [6, 6.07) is -0.258. The van der Waals surface area contributed by atoms with Crippen LogP contribution in [0, 0.1) is 11.3 Å². The van der Waals surface area contributed by atoms with Crippen molar-refractivity contribution in [2.24, 2.45) is 11.3 Å². The van der Waals surface area contributed by atoms with E-state index < -0.39 is 5.41 Å². The van der Waals surface area contributed by atoms with E-state index in [2.05, 4.69) is 12.2 Å². The van der Waals surface area contributed by atoms with E-state index in [0.717, 1.165) is 32.1 Å². The number of rotatable bonds is 13. The number of unbranched alkanes of at least 4 members (excludes halogenated alkanes) is 1. The highest BCUT2D eigenvalue weighted by molar-refractivity contribution is 5.89. The number of hydrogen-bond donors (Lipinski definition) is 1. The molecule has 1 fully saturated rings. The minimum absolute atomic E-state index is 0.0429. The van der Waals surface area contributed by atoms with Crippen LogP contribution in [0.3, 0.4) is 0 Å². The molecule has 1 saturated carbocycles. The summed E-state index contributed by atoms with van der Waals surface area (Å²) >= 11 is 0. The summed E-state index contributed by atoms with van der Waals surface area (Å²) in [7, 11) is 1.71. The molecule has 2 amide bonds. The van der Waals surface area contributed by atoms with Crippen molar-refractivity contribution in [2.75, 3.05) is 20.2 Å². The van der Waals surface area contributed by atoms with E-state index in [1.165, 1.54) is 38.5 Å². The molecule has 0 bridgehead atoms. The summed E-state index contributed by atoms with van der Waals surface area (Å²) in [4.78, 5) is 39.1. The van der Waals surface area contributed by atoms with Gasteiger partial charge in [-0.3, -0.25) is 9.59 Å². The molecule has 0 spiro atoms. The predicted octanol–water partition coefficient (Wildman–Crippen LogP) is 6.43. The van der Waals surface area contributed by atoms with Gasteiger partial charge < -0.3 is 15.0 Å². The summed E-state index contributed by atoms with van der Waals surface area (Å²) in [5.74, 6) is -0.489. The molecule has 0 aliphatic heterocycles. The van der Waals surface area contributed by atoms with Crippen LogP contribution in [0.25, 0.3) is 0 Å². The summed E-state index contributed by atoms with van der Waals surface area (Å²) in [5.41, 5.74) is 0.0666. The van der Waals surface area contributed by atoms with E-state index in [0.29, 0.717) is 12.2 Å². The molecule has 0 aromatic carbocycles. The fraction of sp³-hybridized carbons (Fsp3) is 0.828. The maximum atomic E-state index is 12.8. The SMILES string of the molecule is C1CCCCC1.CCCCC(CC)(CC)C(=O)NCC(=O)N(C)[C@H](/C=C(\C)C(=O)OCC)C(C)C. The Morgan fingerprint density at radius 2 is 1.49 bits per heavy atom. The minimum atomic E-state index is -0.410. The van der Waals surface area contributed by atoms with Gasteiger partial charge in [-0.1, -0.05) is 92.1 Å². The number of carbonyl (C=O) groups excluding carboxylic acids is 3. The molecule has 6 heteroatoms. The van der Waals surface area contributed by atoms with Crippen LogP contribution in [-0.2, 0) is 19.1 Å². The molecule has 0 heterocycles. The number of nitrogens with zero attached hydrogens (tertiary/aromatic N) is 1. The van der Waals surface area contributed by atoms with Gasteiger partial charge in [-0.15, -0.1) is 0 Å². The van der Waals surface area contributed by atoms with E-state index in [1.807, 2.05) is 27.7 Å². The van der Waals surface area contributed by atoms with Crippen molar-refractivity contribution in [1.29, 1.82) is 0 Å². The third-order valence-electron chi connectivity index (χ3n) is 7.29. The fourth-order valence-corrected chi connectivity index (χ4v) is 4.57. The predicted molar refractivity (Wildman–Crippen MR) is 145 cm³/mol. The molecule has 204 valence electrons. The Hall–Kier alpha value is -1.85. The number of likely N-dealkylation sites (N-methyl/N-ethyl adjacent to an activating group) is 1. The van der Waals surface area contributed by atoms with Gasteiger partial charge in [-0.05, 0) is 39.0 Å².